The van der Waals surface area contributed by atoms with Gasteiger partial charge in [-0.3, -0.25) is 5.32 Å². The smallest absolute Gasteiger partial charge is 0.355 e. The summed E-state index contributed by atoms with van der Waals surface area (Å²) in [5.74, 6) is -0.594. The molecule has 2 aliphatic carbocycles. The standard InChI is InChI=1S/C18H28BrF3N4S/c19-16-15(11-4-1-5-12(7-11)18(20,21)22)24-17-26(16)25-14(9-27-17)10-3-2-6-13(23)8-10/h9-13,15-17,24-25H,1-8,23H2/p+1. The summed E-state index contributed by atoms with van der Waals surface area (Å²) in [6.07, 6.45) is 2.68. The molecule has 2 saturated carbocycles. The summed E-state index contributed by atoms with van der Waals surface area (Å²) < 4.78 is 39.6. The van der Waals surface area contributed by atoms with E-state index in [1.165, 1.54) is 25.0 Å². The molecule has 9 heteroatoms. The summed E-state index contributed by atoms with van der Waals surface area (Å²) in [5.41, 5.74) is 9.12. The minimum atomic E-state index is -4.07. The monoisotopic (exact) mass is 469 g/mol. The van der Waals surface area contributed by atoms with E-state index in [1.54, 1.807) is 11.8 Å². The van der Waals surface area contributed by atoms with Gasteiger partial charge in [0.2, 0.25) is 0 Å². The van der Waals surface area contributed by atoms with Crippen molar-refractivity contribution in [1.29, 1.82) is 0 Å². The van der Waals surface area contributed by atoms with Crippen LogP contribution in [0.3, 0.4) is 0 Å². The van der Waals surface area contributed by atoms with Crippen molar-refractivity contribution in [2.75, 3.05) is 0 Å². The van der Waals surface area contributed by atoms with Crippen molar-refractivity contribution in [1.82, 2.24) is 15.8 Å². The Morgan fingerprint density at radius 3 is 2.67 bits per heavy atom. The molecule has 5 N–H and O–H groups in total. The van der Waals surface area contributed by atoms with Gasteiger partial charge in [-0.2, -0.15) is 18.2 Å². The van der Waals surface area contributed by atoms with Gasteiger partial charge in [0.05, 0.1) is 12.0 Å². The largest absolute Gasteiger partial charge is 0.391 e. The van der Waals surface area contributed by atoms with Crippen LogP contribution in [0, 0.1) is 17.8 Å². The predicted molar refractivity (Wildman–Crippen MR) is 104 cm³/mol. The van der Waals surface area contributed by atoms with Gasteiger partial charge in [-0.25, -0.2) is 0 Å². The van der Waals surface area contributed by atoms with Crippen LogP contribution in [0.5, 0.6) is 0 Å². The van der Waals surface area contributed by atoms with Gasteiger partial charge in [0.25, 0.3) is 0 Å². The maximum Gasteiger partial charge on any atom is 0.391 e. The van der Waals surface area contributed by atoms with Gasteiger partial charge in [-0.15, -0.1) is 0 Å². The van der Waals surface area contributed by atoms with E-state index in [9.17, 15) is 13.2 Å². The van der Waals surface area contributed by atoms with E-state index in [1.807, 2.05) is 0 Å². The Balaban J connectivity index is 1.40. The number of thioether (sulfide) groups is 1. The van der Waals surface area contributed by atoms with Crippen molar-refractivity contribution < 1.29 is 18.9 Å². The Labute approximate surface area is 171 Å². The SMILES string of the molecule is [NH3+]C1CCCC(C2=CSC3NC(C4CCCC(C(F)(F)F)C4)C(Br)N3N2)C1. The van der Waals surface area contributed by atoms with Crippen LogP contribution >= 0.6 is 27.7 Å². The van der Waals surface area contributed by atoms with E-state index in [0.717, 1.165) is 12.8 Å². The average molecular weight is 470 g/mol. The number of alkyl halides is 4. The summed E-state index contributed by atoms with van der Waals surface area (Å²) >= 11 is 5.51. The Hall–Kier alpha value is 0.0400. The topological polar surface area (TPSA) is 54.9 Å². The van der Waals surface area contributed by atoms with Crippen molar-refractivity contribution in [3.05, 3.63) is 11.1 Å². The molecule has 7 atom stereocenters. The number of halogens is 4. The molecule has 0 amide bonds. The van der Waals surface area contributed by atoms with Crippen LogP contribution in [0.2, 0.25) is 0 Å². The number of quaternary nitrogens is 1. The van der Waals surface area contributed by atoms with E-state index in [4.69, 9.17) is 0 Å². The number of hydrogen-bond donors (Lipinski definition) is 3. The molecule has 0 radical (unpaired) electrons. The zero-order chi connectivity index (χ0) is 19.2. The second-order valence-corrected chi connectivity index (χ2v) is 10.4. The highest BCUT2D eigenvalue weighted by atomic mass is 79.9. The fourth-order valence-corrected chi connectivity index (χ4v) is 7.29. The molecule has 27 heavy (non-hydrogen) atoms. The minimum Gasteiger partial charge on any atom is -0.355 e. The molecule has 0 bridgehead atoms. The first-order valence-corrected chi connectivity index (χ1v) is 11.9. The molecular formula is C18H29BrF3N4S+. The molecule has 0 aromatic rings. The van der Waals surface area contributed by atoms with Gasteiger partial charge in [0.1, 0.15) is 10.4 Å². The zero-order valence-corrected chi connectivity index (χ0v) is 17.8. The fraction of sp³-hybridized carbons (Fsp3) is 0.889. The third-order valence-electron chi connectivity index (χ3n) is 6.64. The van der Waals surface area contributed by atoms with E-state index in [2.05, 4.69) is 42.8 Å². The summed E-state index contributed by atoms with van der Waals surface area (Å²) in [5, 5.41) is 7.94. The Morgan fingerprint density at radius 2 is 1.93 bits per heavy atom. The van der Waals surface area contributed by atoms with Crippen molar-refractivity contribution in [3.8, 4) is 0 Å². The molecule has 7 unspecified atom stereocenters. The molecule has 0 spiro atoms. The lowest BCUT2D eigenvalue weighted by molar-refractivity contribution is -0.427. The Bertz CT molecular complexity index is 575. The van der Waals surface area contributed by atoms with Gasteiger partial charge in [0, 0.05) is 24.1 Å². The van der Waals surface area contributed by atoms with Crippen LogP contribution < -0.4 is 16.5 Å². The van der Waals surface area contributed by atoms with Crippen LogP contribution in [0.4, 0.5) is 13.2 Å². The maximum atomic E-state index is 13.2. The molecular weight excluding hydrogens is 441 g/mol. The van der Waals surface area contributed by atoms with Crippen molar-refractivity contribution in [3.63, 3.8) is 0 Å². The molecule has 154 valence electrons. The summed E-state index contributed by atoms with van der Waals surface area (Å²) in [6.45, 7) is 0. The van der Waals surface area contributed by atoms with Gasteiger partial charge >= 0.3 is 6.18 Å². The van der Waals surface area contributed by atoms with E-state index in [-0.39, 0.29) is 35.3 Å². The number of rotatable bonds is 2. The lowest BCUT2D eigenvalue weighted by Gasteiger charge is -2.37. The Kier molecular flexibility index (Phi) is 6.06. The maximum absolute atomic E-state index is 13.2. The summed E-state index contributed by atoms with van der Waals surface area (Å²) in [4.78, 5) is -0.00479. The molecule has 2 aliphatic heterocycles. The van der Waals surface area contributed by atoms with Crippen molar-refractivity contribution in [2.24, 2.45) is 17.8 Å². The normalized spacial score (nSPS) is 43.7. The van der Waals surface area contributed by atoms with E-state index in [0.29, 0.717) is 18.4 Å². The highest BCUT2D eigenvalue weighted by Gasteiger charge is 2.49. The number of hydrazine groups is 1. The number of nitrogens with one attached hydrogen (secondary N) is 2. The minimum absolute atomic E-state index is 0.00479. The number of allylic oxidation sites excluding steroid dienone is 1. The fourth-order valence-electron chi connectivity index (χ4n) is 5.14. The summed E-state index contributed by atoms with van der Waals surface area (Å²) in [6, 6.07) is 0.541. The van der Waals surface area contributed by atoms with Crippen LogP contribution in [0.1, 0.15) is 51.4 Å². The van der Waals surface area contributed by atoms with E-state index >= 15 is 0 Å². The molecule has 4 rings (SSSR count). The lowest BCUT2D eigenvalue weighted by Crippen LogP contribution is -2.62. The first-order chi connectivity index (χ1) is 12.8. The van der Waals surface area contributed by atoms with Crippen LogP contribution in [-0.4, -0.2) is 33.7 Å². The van der Waals surface area contributed by atoms with Gasteiger partial charge in [-0.1, -0.05) is 34.1 Å². The van der Waals surface area contributed by atoms with Crippen molar-refractivity contribution >= 4 is 27.7 Å². The first-order valence-electron chi connectivity index (χ1n) is 10.0. The molecule has 4 nitrogen and oxygen atoms in total. The van der Waals surface area contributed by atoms with Crippen LogP contribution in [-0.2, 0) is 0 Å². The van der Waals surface area contributed by atoms with Gasteiger partial charge < -0.3 is 11.2 Å². The summed E-state index contributed by atoms with van der Waals surface area (Å²) in [7, 11) is 0. The van der Waals surface area contributed by atoms with E-state index < -0.39 is 12.1 Å². The highest BCUT2D eigenvalue weighted by Crippen LogP contribution is 2.45. The Morgan fingerprint density at radius 1 is 1.15 bits per heavy atom. The molecule has 4 aliphatic rings. The second-order valence-electron chi connectivity index (χ2n) is 8.54. The lowest BCUT2D eigenvalue weighted by atomic mass is 9.77. The molecule has 2 heterocycles. The average Bonchev–Trinajstić information content (AvgIpc) is 2.97. The molecule has 1 saturated heterocycles. The quantitative estimate of drug-likeness (QED) is 0.427. The van der Waals surface area contributed by atoms with Gasteiger partial charge in [-0.05, 0) is 49.9 Å². The number of nitrogens with zero attached hydrogens (tertiary/aromatic N) is 1. The molecule has 0 aromatic carbocycles. The number of fused-ring (bicyclic) bond motifs is 1. The first kappa shape index (κ1) is 20.3. The predicted octanol–water partition coefficient (Wildman–Crippen LogP) is 3.53. The van der Waals surface area contributed by atoms with Gasteiger partial charge in [0.15, 0.2) is 0 Å². The second kappa shape index (κ2) is 8.05. The number of hydrogen-bond acceptors (Lipinski definition) is 4. The molecule has 3 fully saturated rings. The molecule has 0 aromatic heterocycles. The van der Waals surface area contributed by atoms with Crippen LogP contribution in [0.15, 0.2) is 11.1 Å². The van der Waals surface area contributed by atoms with Crippen LogP contribution in [0.25, 0.3) is 0 Å². The third kappa shape index (κ3) is 4.32. The third-order valence-corrected chi connectivity index (χ3v) is 8.66. The highest BCUT2D eigenvalue weighted by molar-refractivity contribution is 9.09. The van der Waals surface area contributed by atoms with Crippen molar-refractivity contribution in [2.45, 2.75) is 80.1 Å². The zero-order valence-electron chi connectivity index (χ0n) is 15.4.